The van der Waals surface area contributed by atoms with E-state index in [0.29, 0.717) is 5.56 Å². The van der Waals surface area contributed by atoms with Gasteiger partial charge in [-0.15, -0.1) is 0 Å². The van der Waals surface area contributed by atoms with Crippen LogP contribution < -0.4 is 15.0 Å². The quantitative estimate of drug-likeness (QED) is 0.508. The van der Waals surface area contributed by atoms with Crippen LogP contribution in [-0.2, 0) is 7.05 Å². The van der Waals surface area contributed by atoms with Crippen molar-refractivity contribution >= 4 is 35.4 Å². The molecule has 0 saturated heterocycles. The molecule has 0 unspecified atom stereocenters. The summed E-state index contributed by atoms with van der Waals surface area (Å²) in [5, 5.41) is 1.12. The average molecular weight is 306 g/mol. The van der Waals surface area contributed by atoms with Crippen LogP contribution in [0.3, 0.4) is 0 Å². The van der Waals surface area contributed by atoms with Gasteiger partial charge in [-0.05, 0) is 44.4 Å². The highest BCUT2D eigenvalue weighted by molar-refractivity contribution is 6.76. The monoisotopic (exact) mass is 306 g/mol. The number of pyridine rings is 1. The molecule has 114 valence electrons. The molecule has 0 spiro atoms. The molecule has 4 heteroatoms. The summed E-state index contributed by atoms with van der Waals surface area (Å²) in [6.07, 6.45) is 3.81. The maximum absolute atomic E-state index is 7.60. The smallest absolute Gasteiger partial charge is 0.447 e. The lowest BCUT2D eigenvalue weighted by Crippen LogP contribution is -2.52. The Bertz CT molecular complexity index is 1040. The Morgan fingerprint density at radius 2 is 2.04 bits per heavy atom. The number of aromatic nitrogens is 1. The van der Waals surface area contributed by atoms with Crippen molar-refractivity contribution in [3.05, 3.63) is 59.4 Å². The van der Waals surface area contributed by atoms with Crippen molar-refractivity contribution in [1.29, 1.82) is 0 Å². The van der Waals surface area contributed by atoms with E-state index in [1.54, 1.807) is 12.3 Å². The van der Waals surface area contributed by atoms with Crippen LogP contribution in [-0.4, -0.2) is 6.85 Å². The first-order valence-corrected chi connectivity index (χ1v) is 7.76. The number of anilines is 1. The molecule has 4 rings (SSSR count). The third kappa shape index (κ3) is 2.09. The fourth-order valence-electron chi connectivity index (χ4n) is 3.47. The summed E-state index contributed by atoms with van der Waals surface area (Å²) in [5.74, 6) is 0.922. The minimum atomic E-state index is -2.11. The number of furan rings is 1. The van der Waals surface area contributed by atoms with Gasteiger partial charge in [-0.3, -0.25) is 4.81 Å². The van der Waals surface area contributed by atoms with Crippen molar-refractivity contribution in [2.45, 2.75) is 20.6 Å². The van der Waals surface area contributed by atoms with Crippen LogP contribution in [0, 0.1) is 6.85 Å². The minimum absolute atomic E-state index is 0.00668. The third-order valence-corrected chi connectivity index (χ3v) is 4.52. The Morgan fingerprint density at radius 3 is 2.83 bits per heavy atom. The summed E-state index contributed by atoms with van der Waals surface area (Å²) >= 11 is 0. The van der Waals surface area contributed by atoms with E-state index in [0.717, 1.165) is 33.7 Å². The molecule has 1 aliphatic heterocycles. The van der Waals surface area contributed by atoms with Gasteiger partial charge in [0.25, 0.3) is 5.82 Å². The van der Waals surface area contributed by atoms with Gasteiger partial charge in [0.1, 0.15) is 11.2 Å². The zero-order chi connectivity index (χ0) is 18.6. The molecular weight excluding hydrogens is 283 g/mol. The van der Waals surface area contributed by atoms with Crippen LogP contribution in [0.5, 0.6) is 0 Å². The van der Waals surface area contributed by atoms with Gasteiger partial charge in [0.2, 0.25) is 0 Å². The van der Waals surface area contributed by atoms with Crippen LogP contribution in [0.2, 0.25) is 6.82 Å². The Kier molecular flexibility index (Phi) is 2.42. The highest BCUT2D eigenvalue weighted by Crippen LogP contribution is 2.29. The van der Waals surface area contributed by atoms with Crippen molar-refractivity contribution in [3.8, 4) is 0 Å². The molecule has 3 aromatic rings. The number of allylic oxidation sites excluding steroid dienone is 1. The molecule has 3 heterocycles. The molecule has 2 aromatic heterocycles. The van der Waals surface area contributed by atoms with E-state index in [9.17, 15) is 0 Å². The van der Waals surface area contributed by atoms with Crippen LogP contribution in [0.4, 0.5) is 5.82 Å². The van der Waals surface area contributed by atoms with Crippen molar-refractivity contribution in [3.63, 3.8) is 0 Å². The molecule has 0 fully saturated rings. The number of nitrogens with zero attached hydrogens (tertiary/aromatic N) is 2. The largest absolute Gasteiger partial charge is 0.465 e. The van der Waals surface area contributed by atoms with Crippen molar-refractivity contribution < 1.29 is 13.1 Å². The topological polar surface area (TPSA) is 20.3 Å². The summed E-state index contributed by atoms with van der Waals surface area (Å²) in [4.78, 5) is 2.17. The van der Waals surface area contributed by atoms with Gasteiger partial charge in [-0.2, -0.15) is 0 Å². The third-order valence-electron chi connectivity index (χ3n) is 4.52. The minimum Gasteiger partial charge on any atom is -0.465 e. The Labute approximate surface area is 141 Å². The van der Waals surface area contributed by atoms with Gasteiger partial charge in [0, 0.05) is 21.1 Å². The standard InChI is InChI=1S/C19H20BN2O/c1-13-9-10-18(21(4)12-13)22-14(2)11-16-15-7-5-6-8-17(15)23-19(16)20(22)3/h5-12H,1-4H3/q+1/i1D3. The molecule has 0 amide bonds. The molecule has 0 atom stereocenters. The average Bonchev–Trinajstić information content (AvgIpc) is 2.94. The number of para-hydroxylation sites is 1. The Hall–Kier alpha value is -2.49. The second-order valence-electron chi connectivity index (χ2n) is 6.09. The molecule has 0 radical (unpaired) electrons. The fourth-order valence-corrected chi connectivity index (χ4v) is 3.47. The number of fused-ring (bicyclic) bond motifs is 3. The first-order chi connectivity index (χ1) is 12.3. The van der Waals surface area contributed by atoms with Gasteiger partial charge >= 0.3 is 6.85 Å². The van der Waals surface area contributed by atoms with Gasteiger partial charge < -0.3 is 4.42 Å². The summed E-state index contributed by atoms with van der Waals surface area (Å²) in [7, 11) is 1.87. The molecule has 0 aliphatic carbocycles. The zero-order valence-corrected chi connectivity index (χ0v) is 13.5. The van der Waals surface area contributed by atoms with E-state index >= 15 is 0 Å². The fraction of sp³-hybridized carbons (Fsp3) is 0.211. The Balaban J connectivity index is 1.82. The van der Waals surface area contributed by atoms with Crippen molar-refractivity contribution in [2.75, 3.05) is 4.81 Å². The van der Waals surface area contributed by atoms with E-state index in [2.05, 4.69) is 30.7 Å². The van der Waals surface area contributed by atoms with E-state index < -0.39 is 6.85 Å². The van der Waals surface area contributed by atoms with Crippen molar-refractivity contribution in [1.82, 2.24) is 0 Å². The van der Waals surface area contributed by atoms with Crippen LogP contribution in [0.25, 0.3) is 17.0 Å². The SMILES string of the molecule is [2H]C([2H])([2H])c1ccc(N2B(C)c3oc4ccccc4c3C=C2C)[n+](C)c1. The lowest BCUT2D eigenvalue weighted by atomic mass is 9.57. The van der Waals surface area contributed by atoms with Gasteiger partial charge in [0.15, 0.2) is 0 Å². The molecule has 23 heavy (non-hydrogen) atoms. The van der Waals surface area contributed by atoms with E-state index in [1.807, 2.05) is 35.9 Å². The highest BCUT2D eigenvalue weighted by atomic mass is 16.3. The predicted molar refractivity (Wildman–Crippen MR) is 96.0 cm³/mol. The number of hydrogen-bond donors (Lipinski definition) is 0. The Morgan fingerprint density at radius 1 is 1.22 bits per heavy atom. The van der Waals surface area contributed by atoms with E-state index in [-0.39, 0.29) is 6.85 Å². The summed E-state index contributed by atoms with van der Waals surface area (Å²) < 4.78 is 30.8. The lowest BCUT2D eigenvalue weighted by molar-refractivity contribution is -0.658. The first-order valence-electron chi connectivity index (χ1n) is 9.26. The number of aryl methyl sites for hydroxylation is 2. The molecule has 0 N–H and O–H groups in total. The van der Waals surface area contributed by atoms with Gasteiger partial charge in [-0.25, -0.2) is 4.57 Å². The molecular formula is C19H20BN2O+. The van der Waals surface area contributed by atoms with E-state index in [1.165, 1.54) is 0 Å². The number of benzene rings is 1. The lowest BCUT2D eigenvalue weighted by Gasteiger charge is -2.26. The van der Waals surface area contributed by atoms with Crippen molar-refractivity contribution in [2.24, 2.45) is 7.05 Å². The molecule has 0 bridgehead atoms. The normalized spacial score (nSPS) is 16.7. The molecule has 0 saturated carbocycles. The predicted octanol–water partition coefficient (Wildman–Crippen LogP) is 3.28. The summed E-state index contributed by atoms with van der Waals surface area (Å²) in [6.45, 7) is 2.07. The van der Waals surface area contributed by atoms with Gasteiger partial charge in [0.05, 0.1) is 18.9 Å². The summed E-state index contributed by atoms with van der Waals surface area (Å²) in [6, 6.07) is 11.6. The molecule has 3 nitrogen and oxygen atoms in total. The van der Waals surface area contributed by atoms with E-state index in [4.69, 9.17) is 8.53 Å². The maximum Gasteiger partial charge on any atom is 0.447 e. The van der Waals surface area contributed by atoms with Crippen LogP contribution in [0.1, 0.15) is 22.2 Å². The van der Waals surface area contributed by atoms with Gasteiger partial charge in [-0.1, -0.05) is 18.2 Å². The second-order valence-corrected chi connectivity index (χ2v) is 6.09. The number of hydrogen-bond acceptors (Lipinski definition) is 2. The zero-order valence-electron chi connectivity index (χ0n) is 16.5. The van der Waals surface area contributed by atoms with Crippen LogP contribution >= 0.6 is 0 Å². The molecule has 1 aromatic carbocycles. The highest BCUT2D eigenvalue weighted by Gasteiger charge is 2.40. The second kappa shape index (κ2) is 5.02. The maximum atomic E-state index is 7.60. The summed E-state index contributed by atoms with van der Waals surface area (Å²) in [5.41, 5.74) is 4.37. The molecule has 1 aliphatic rings. The van der Waals surface area contributed by atoms with Crippen LogP contribution in [0.15, 0.2) is 52.7 Å². The number of rotatable bonds is 1. The first kappa shape index (κ1) is 11.1.